The molecule has 1 N–H and O–H groups in total. The van der Waals surface area contributed by atoms with Crippen LogP contribution in [0.2, 0.25) is 0 Å². The lowest BCUT2D eigenvalue weighted by Crippen LogP contribution is -2.15. The normalized spacial score (nSPS) is 17.8. The summed E-state index contributed by atoms with van der Waals surface area (Å²) in [5, 5.41) is 4.10. The van der Waals surface area contributed by atoms with E-state index in [0.717, 1.165) is 26.8 Å². The van der Waals surface area contributed by atoms with Crippen LogP contribution in [0.4, 0.5) is 0 Å². The third-order valence-electron chi connectivity index (χ3n) is 1.65. The van der Waals surface area contributed by atoms with Crippen LogP contribution in [0.1, 0.15) is 13.8 Å². The van der Waals surface area contributed by atoms with Crippen molar-refractivity contribution >= 4 is 11.8 Å². The zero-order valence-electron chi connectivity index (χ0n) is 7.53. The molecule has 0 atom stereocenters. The van der Waals surface area contributed by atoms with E-state index in [-0.39, 0.29) is 0 Å². The third-order valence-corrected chi connectivity index (χ3v) is 2.45. The Hall–Kier alpha value is -0.890. The highest BCUT2D eigenvalue weighted by atomic mass is 32.2. The number of thioether (sulfide) groups is 1. The first-order valence-corrected chi connectivity index (χ1v) is 4.54. The molecule has 2 heteroatoms. The zero-order chi connectivity index (χ0) is 9.30. The predicted octanol–water partition coefficient (Wildman–Crippen LogP) is 3.16. The maximum absolute atomic E-state index is 3.96. The summed E-state index contributed by atoms with van der Waals surface area (Å²) in [6.45, 7) is 15.7. The molecule has 1 heterocycles. The molecule has 1 aliphatic rings. The van der Waals surface area contributed by atoms with E-state index in [1.54, 1.807) is 11.8 Å². The van der Waals surface area contributed by atoms with Gasteiger partial charge in [0, 0.05) is 16.2 Å². The second kappa shape index (κ2) is 3.23. The second-order valence-corrected chi connectivity index (χ2v) is 4.04. The topological polar surface area (TPSA) is 12.0 Å². The number of allylic oxidation sites excluding steroid dienone is 3. The molecule has 64 valence electrons. The van der Waals surface area contributed by atoms with Gasteiger partial charge in [-0.2, -0.15) is 0 Å². The summed E-state index contributed by atoms with van der Waals surface area (Å²) in [5.41, 5.74) is 3.27. The smallest absolute Gasteiger partial charge is 0.0698 e. The summed E-state index contributed by atoms with van der Waals surface area (Å²) in [7, 11) is 0. The molecule has 1 aliphatic heterocycles. The number of hydrogen-bond acceptors (Lipinski definition) is 2. The minimum atomic E-state index is 0.933. The van der Waals surface area contributed by atoms with Gasteiger partial charge in [-0.1, -0.05) is 31.5 Å². The summed E-state index contributed by atoms with van der Waals surface area (Å²) in [6, 6.07) is 0. The molecule has 0 aliphatic carbocycles. The van der Waals surface area contributed by atoms with Gasteiger partial charge in [-0.25, -0.2) is 0 Å². The molecule has 0 amide bonds. The summed E-state index contributed by atoms with van der Waals surface area (Å²) < 4.78 is 0. The summed E-state index contributed by atoms with van der Waals surface area (Å²) in [6.07, 6.45) is 0. The molecule has 0 saturated heterocycles. The molecule has 0 unspecified atom stereocenters. The minimum absolute atomic E-state index is 0.933. The van der Waals surface area contributed by atoms with E-state index < -0.39 is 0 Å². The van der Waals surface area contributed by atoms with Crippen molar-refractivity contribution in [3.05, 3.63) is 46.5 Å². The van der Waals surface area contributed by atoms with Gasteiger partial charge in [0.1, 0.15) is 0 Å². The molecule has 0 aromatic heterocycles. The fourth-order valence-corrected chi connectivity index (χ4v) is 2.20. The molecule has 1 nitrogen and oxygen atoms in total. The lowest BCUT2D eigenvalue weighted by molar-refractivity contribution is 1.01. The third kappa shape index (κ3) is 1.64. The highest BCUT2D eigenvalue weighted by Crippen LogP contribution is 2.36. The van der Waals surface area contributed by atoms with Crippen molar-refractivity contribution in [3.8, 4) is 0 Å². The van der Waals surface area contributed by atoms with E-state index in [1.807, 2.05) is 13.8 Å². The molecule has 0 saturated carbocycles. The van der Waals surface area contributed by atoms with Gasteiger partial charge in [-0.05, 0) is 19.4 Å². The molecule has 0 bridgehead atoms. The van der Waals surface area contributed by atoms with Crippen LogP contribution < -0.4 is 5.32 Å². The largest absolute Gasteiger partial charge is 0.354 e. The van der Waals surface area contributed by atoms with Crippen molar-refractivity contribution in [3.63, 3.8) is 0 Å². The standard InChI is InChI=1S/C10H13NS/c1-6(2)10-7(3)11-9(5)12-8(10)4/h11H,1,4-5H2,2-3H3. The first-order chi connectivity index (χ1) is 5.52. The van der Waals surface area contributed by atoms with Crippen molar-refractivity contribution in [2.24, 2.45) is 0 Å². The Kier molecular flexibility index (Phi) is 2.48. The molecule has 0 fully saturated rings. The maximum Gasteiger partial charge on any atom is 0.0698 e. The van der Waals surface area contributed by atoms with Crippen LogP contribution in [0.25, 0.3) is 0 Å². The number of hydrogen-bond donors (Lipinski definition) is 1. The lowest BCUT2D eigenvalue weighted by Gasteiger charge is -2.22. The van der Waals surface area contributed by atoms with Crippen LogP contribution in [0.15, 0.2) is 46.5 Å². The summed E-state index contributed by atoms with van der Waals surface area (Å²) in [5.74, 6) is 0. The van der Waals surface area contributed by atoms with E-state index in [0.29, 0.717) is 0 Å². The number of nitrogens with one attached hydrogen (secondary N) is 1. The van der Waals surface area contributed by atoms with Crippen molar-refractivity contribution in [2.45, 2.75) is 13.8 Å². The van der Waals surface area contributed by atoms with Gasteiger partial charge < -0.3 is 5.32 Å². The monoisotopic (exact) mass is 179 g/mol. The first kappa shape index (κ1) is 9.20. The van der Waals surface area contributed by atoms with Crippen LogP contribution in [-0.4, -0.2) is 0 Å². The van der Waals surface area contributed by atoms with Gasteiger partial charge in [-0.3, -0.25) is 0 Å². The molecular weight excluding hydrogens is 166 g/mol. The van der Waals surface area contributed by atoms with Crippen molar-refractivity contribution in [1.29, 1.82) is 0 Å². The molecule has 0 aromatic rings. The van der Waals surface area contributed by atoms with Crippen molar-refractivity contribution in [1.82, 2.24) is 5.32 Å². The predicted molar refractivity (Wildman–Crippen MR) is 56.5 cm³/mol. The SMILES string of the molecule is C=C1NC(C)=C(C(=C)C)C(=C)S1. The molecule has 0 aromatic carbocycles. The highest BCUT2D eigenvalue weighted by Gasteiger charge is 2.15. The number of rotatable bonds is 1. The Morgan fingerprint density at radius 1 is 1.42 bits per heavy atom. The molecule has 1 rings (SSSR count). The van der Waals surface area contributed by atoms with Gasteiger partial charge in [0.2, 0.25) is 0 Å². The average molecular weight is 179 g/mol. The van der Waals surface area contributed by atoms with Crippen molar-refractivity contribution < 1.29 is 0 Å². The lowest BCUT2D eigenvalue weighted by atomic mass is 10.1. The molecule has 0 radical (unpaired) electrons. The summed E-state index contributed by atoms with van der Waals surface area (Å²) in [4.78, 5) is 1.03. The highest BCUT2D eigenvalue weighted by molar-refractivity contribution is 8.06. The molecule has 12 heavy (non-hydrogen) atoms. The van der Waals surface area contributed by atoms with E-state index in [4.69, 9.17) is 0 Å². The van der Waals surface area contributed by atoms with E-state index in [2.05, 4.69) is 25.1 Å². The Bertz CT molecular complexity index is 297. The quantitative estimate of drug-likeness (QED) is 0.663. The van der Waals surface area contributed by atoms with E-state index in [1.165, 1.54) is 0 Å². The van der Waals surface area contributed by atoms with E-state index in [9.17, 15) is 0 Å². The molecule has 0 spiro atoms. The minimum Gasteiger partial charge on any atom is -0.354 e. The van der Waals surface area contributed by atoms with Gasteiger partial charge in [0.15, 0.2) is 0 Å². The van der Waals surface area contributed by atoms with Crippen LogP contribution in [0, 0.1) is 0 Å². The Balaban J connectivity index is 3.09. The van der Waals surface area contributed by atoms with Gasteiger partial charge >= 0.3 is 0 Å². The Morgan fingerprint density at radius 3 is 2.42 bits per heavy atom. The fourth-order valence-electron chi connectivity index (χ4n) is 1.26. The van der Waals surface area contributed by atoms with Gasteiger partial charge in [-0.15, -0.1) is 0 Å². The van der Waals surface area contributed by atoms with E-state index >= 15 is 0 Å². The second-order valence-electron chi connectivity index (χ2n) is 2.85. The van der Waals surface area contributed by atoms with Crippen LogP contribution in [-0.2, 0) is 0 Å². The van der Waals surface area contributed by atoms with Crippen molar-refractivity contribution in [2.75, 3.05) is 0 Å². The van der Waals surface area contributed by atoms with Gasteiger partial charge in [0.05, 0.1) is 5.03 Å². The zero-order valence-corrected chi connectivity index (χ0v) is 8.35. The van der Waals surface area contributed by atoms with Crippen LogP contribution >= 0.6 is 11.8 Å². The molecular formula is C10H13NS. The first-order valence-electron chi connectivity index (χ1n) is 3.72. The average Bonchev–Trinajstić information content (AvgIpc) is 1.82. The Morgan fingerprint density at radius 2 is 2.00 bits per heavy atom. The summed E-state index contributed by atoms with van der Waals surface area (Å²) >= 11 is 1.56. The maximum atomic E-state index is 3.96. The van der Waals surface area contributed by atoms with Gasteiger partial charge in [0.25, 0.3) is 0 Å². The fraction of sp³-hybridized carbons (Fsp3) is 0.200. The van der Waals surface area contributed by atoms with Crippen LogP contribution in [0.3, 0.4) is 0 Å². The van der Waals surface area contributed by atoms with Crippen LogP contribution in [0.5, 0.6) is 0 Å². The Labute approximate surface area is 77.9 Å².